The van der Waals surface area contributed by atoms with Crippen LogP contribution in [0.5, 0.6) is 0 Å². The fourth-order valence-electron chi connectivity index (χ4n) is 5.45. The molecule has 1 heteroatoms. The average Bonchev–Trinajstić information content (AvgIpc) is 2.29. The number of rotatable bonds is 1. The third-order valence-electron chi connectivity index (χ3n) is 5.71. The van der Waals surface area contributed by atoms with Gasteiger partial charge in [-0.05, 0) is 74.7 Å². The molecule has 5 rings (SSSR count). The first-order chi connectivity index (χ1) is 7.90. The molecule has 0 spiro atoms. The van der Waals surface area contributed by atoms with Gasteiger partial charge in [0, 0.05) is 6.54 Å². The van der Waals surface area contributed by atoms with Crippen LogP contribution in [-0.2, 0) is 0 Å². The van der Waals surface area contributed by atoms with E-state index in [9.17, 15) is 0 Å². The van der Waals surface area contributed by atoms with Gasteiger partial charge < -0.3 is 5.32 Å². The molecule has 1 heterocycles. The highest BCUT2D eigenvalue weighted by atomic mass is 14.9. The van der Waals surface area contributed by atoms with E-state index in [1.165, 1.54) is 19.5 Å². The highest BCUT2D eigenvalue weighted by Crippen LogP contribution is 2.58. The molecule has 5 aliphatic rings. The zero-order valence-corrected chi connectivity index (χ0v) is 10.1. The fraction of sp³-hybridized carbons (Fsp3) is 0.867. The maximum atomic E-state index is 3.58. The van der Waals surface area contributed by atoms with Crippen molar-refractivity contribution < 1.29 is 0 Å². The van der Waals surface area contributed by atoms with Gasteiger partial charge in [0.05, 0.1) is 0 Å². The van der Waals surface area contributed by atoms with Gasteiger partial charge in [-0.15, -0.1) is 0 Å². The van der Waals surface area contributed by atoms with Gasteiger partial charge in [-0.3, -0.25) is 0 Å². The Morgan fingerprint density at radius 3 is 2.19 bits per heavy atom. The Morgan fingerprint density at radius 1 is 0.938 bits per heavy atom. The predicted octanol–water partition coefficient (Wildman–Crippen LogP) is 2.98. The monoisotopic (exact) mass is 217 g/mol. The summed E-state index contributed by atoms with van der Waals surface area (Å²) >= 11 is 0. The topological polar surface area (TPSA) is 12.0 Å². The summed E-state index contributed by atoms with van der Waals surface area (Å²) in [7, 11) is 0. The van der Waals surface area contributed by atoms with Crippen molar-refractivity contribution in [3.8, 4) is 0 Å². The molecule has 0 amide bonds. The highest BCUT2D eigenvalue weighted by molar-refractivity contribution is 5.18. The standard InChI is InChI=1S/C15H23N/c1-2-12(9-16-3-1)15-13-5-10-4-11(7-13)8-14(15)6-10/h2,10-11,13-16H,1,3-9H2. The molecule has 0 radical (unpaired) electrons. The molecular formula is C15H23N. The van der Waals surface area contributed by atoms with Gasteiger partial charge in [0.25, 0.3) is 0 Å². The second-order valence-electron chi connectivity index (χ2n) is 6.70. The Morgan fingerprint density at radius 2 is 1.62 bits per heavy atom. The average molecular weight is 217 g/mol. The van der Waals surface area contributed by atoms with Crippen LogP contribution in [0.25, 0.3) is 0 Å². The fourth-order valence-corrected chi connectivity index (χ4v) is 5.45. The van der Waals surface area contributed by atoms with Gasteiger partial charge in [0.1, 0.15) is 0 Å². The zero-order chi connectivity index (χ0) is 10.5. The van der Waals surface area contributed by atoms with Crippen LogP contribution in [0.3, 0.4) is 0 Å². The lowest BCUT2D eigenvalue weighted by Gasteiger charge is -2.55. The van der Waals surface area contributed by atoms with E-state index in [2.05, 4.69) is 11.4 Å². The molecule has 0 unspecified atom stereocenters. The lowest BCUT2D eigenvalue weighted by Crippen LogP contribution is -2.47. The van der Waals surface area contributed by atoms with Gasteiger partial charge in [-0.1, -0.05) is 11.6 Å². The summed E-state index contributed by atoms with van der Waals surface area (Å²) < 4.78 is 0. The second-order valence-corrected chi connectivity index (χ2v) is 6.70. The maximum absolute atomic E-state index is 3.58. The van der Waals surface area contributed by atoms with Crippen molar-refractivity contribution in [1.29, 1.82) is 0 Å². The van der Waals surface area contributed by atoms with Gasteiger partial charge in [0.2, 0.25) is 0 Å². The van der Waals surface area contributed by atoms with E-state index >= 15 is 0 Å². The highest BCUT2D eigenvalue weighted by Gasteiger charge is 2.48. The first-order valence-electron chi connectivity index (χ1n) is 7.30. The molecule has 0 atom stereocenters. The molecule has 16 heavy (non-hydrogen) atoms. The Kier molecular flexibility index (Phi) is 2.18. The molecule has 4 aliphatic carbocycles. The molecule has 0 aromatic heterocycles. The van der Waals surface area contributed by atoms with Crippen molar-refractivity contribution >= 4 is 0 Å². The molecule has 88 valence electrons. The normalized spacial score (nSPS) is 50.5. The minimum atomic E-state index is 0.987. The van der Waals surface area contributed by atoms with Gasteiger partial charge in [0.15, 0.2) is 0 Å². The van der Waals surface area contributed by atoms with Gasteiger partial charge >= 0.3 is 0 Å². The van der Waals surface area contributed by atoms with Crippen molar-refractivity contribution in [2.75, 3.05) is 13.1 Å². The molecule has 4 fully saturated rings. The lowest BCUT2D eigenvalue weighted by molar-refractivity contribution is -0.0219. The third-order valence-corrected chi connectivity index (χ3v) is 5.71. The van der Waals surface area contributed by atoms with Gasteiger partial charge in [-0.25, -0.2) is 0 Å². The summed E-state index contributed by atoms with van der Waals surface area (Å²) in [5.41, 5.74) is 1.79. The first-order valence-corrected chi connectivity index (χ1v) is 7.30. The Balaban J connectivity index is 1.62. The molecule has 0 aromatic rings. The second kappa shape index (κ2) is 3.60. The minimum absolute atomic E-state index is 0.987. The van der Waals surface area contributed by atoms with E-state index in [1.54, 1.807) is 37.7 Å². The van der Waals surface area contributed by atoms with Crippen LogP contribution in [0.15, 0.2) is 11.6 Å². The molecule has 0 aromatic carbocycles. The van der Waals surface area contributed by atoms with Crippen molar-refractivity contribution in [3.63, 3.8) is 0 Å². The summed E-state index contributed by atoms with van der Waals surface area (Å²) in [5, 5.41) is 3.58. The molecule has 0 saturated heterocycles. The molecule has 1 N–H and O–H groups in total. The lowest BCUT2D eigenvalue weighted by atomic mass is 9.50. The Bertz CT molecular complexity index is 289. The van der Waals surface area contributed by atoms with Gasteiger partial charge in [-0.2, -0.15) is 0 Å². The molecule has 1 aliphatic heterocycles. The smallest absolute Gasteiger partial charge is 0.0167 e. The molecular weight excluding hydrogens is 194 g/mol. The van der Waals surface area contributed by atoms with E-state index in [-0.39, 0.29) is 0 Å². The van der Waals surface area contributed by atoms with Crippen LogP contribution < -0.4 is 5.32 Å². The first kappa shape index (κ1) is 9.70. The van der Waals surface area contributed by atoms with Crippen molar-refractivity contribution in [3.05, 3.63) is 11.6 Å². The minimum Gasteiger partial charge on any atom is -0.313 e. The van der Waals surface area contributed by atoms with E-state index < -0.39 is 0 Å². The summed E-state index contributed by atoms with van der Waals surface area (Å²) in [6.45, 7) is 2.41. The molecule has 1 nitrogen and oxygen atoms in total. The quantitative estimate of drug-likeness (QED) is 0.666. The molecule has 4 bridgehead atoms. The van der Waals surface area contributed by atoms with Crippen LogP contribution in [0.1, 0.15) is 38.5 Å². The van der Waals surface area contributed by atoms with Crippen LogP contribution in [0.2, 0.25) is 0 Å². The number of hydrogen-bond acceptors (Lipinski definition) is 1. The van der Waals surface area contributed by atoms with E-state index in [0.29, 0.717) is 0 Å². The van der Waals surface area contributed by atoms with Crippen molar-refractivity contribution in [2.24, 2.45) is 29.6 Å². The molecule has 4 saturated carbocycles. The van der Waals surface area contributed by atoms with Crippen molar-refractivity contribution in [1.82, 2.24) is 5.32 Å². The van der Waals surface area contributed by atoms with Crippen LogP contribution >= 0.6 is 0 Å². The summed E-state index contributed by atoms with van der Waals surface area (Å²) in [4.78, 5) is 0. The predicted molar refractivity (Wildman–Crippen MR) is 66.1 cm³/mol. The van der Waals surface area contributed by atoms with Crippen LogP contribution in [0.4, 0.5) is 0 Å². The summed E-state index contributed by atoms with van der Waals surface area (Å²) in [6, 6.07) is 0. The Labute approximate surface area is 98.7 Å². The Hall–Kier alpha value is -0.300. The SMILES string of the molecule is C1=C(C2C3CC4CC(C3)CC2C4)CNCC1. The number of nitrogens with one attached hydrogen (secondary N) is 1. The summed E-state index contributed by atoms with van der Waals surface area (Å²) in [5.74, 6) is 5.37. The van der Waals surface area contributed by atoms with E-state index in [0.717, 1.165) is 29.6 Å². The van der Waals surface area contributed by atoms with Crippen LogP contribution in [0, 0.1) is 29.6 Å². The van der Waals surface area contributed by atoms with Crippen LogP contribution in [-0.4, -0.2) is 13.1 Å². The number of hydrogen-bond donors (Lipinski definition) is 1. The van der Waals surface area contributed by atoms with Crippen molar-refractivity contribution in [2.45, 2.75) is 38.5 Å². The van der Waals surface area contributed by atoms with E-state index in [4.69, 9.17) is 0 Å². The largest absolute Gasteiger partial charge is 0.313 e. The van der Waals surface area contributed by atoms with E-state index in [1.807, 2.05) is 0 Å². The zero-order valence-electron chi connectivity index (χ0n) is 10.1. The third kappa shape index (κ3) is 1.40. The maximum Gasteiger partial charge on any atom is 0.0167 e. The summed E-state index contributed by atoms with van der Waals surface area (Å²) in [6.07, 6.45) is 11.7.